The number of hydrogen-bond donors (Lipinski definition) is 0. The van der Waals surface area contributed by atoms with E-state index in [1.165, 1.54) is 37.1 Å². The van der Waals surface area contributed by atoms with Crippen LogP contribution in [-0.4, -0.2) is 19.7 Å². The van der Waals surface area contributed by atoms with Crippen LogP contribution in [0, 0.1) is 6.92 Å². The molecule has 2 aromatic rings. The van der Waals surface area contributed by atoms with Gasteiger partial charge in [0.05, 0.1) is 4.47 Å². The third-order valence-electron chi connectivity index (χ3n) is 3.78. The molecule has 2 aliphatic rings. The molecule has 0 aliphatic heterocycles. The summed E-state index contributed by atoms with van der Waals surface area (Å²) in [4.78, 5) is 4.46. The van der Waals surface area contributed by atoms with Crippen molar-refractivity contribution in [2.24, 2.45) is 0 Å². The summed E-state index contributed by atoms with van der Waals surface area (Å²) in [6.07, 6.45) is 6.90. The molecular weight excluding hydrogens is 336 g/mol. The highest BCUT2D eigenvalue weighted by Crippen LogP contribution is 2.47. The minimum absolute atomic E-state index is 0.617. The summed E-state index contributed by atoms with van der Waals surface area (Å²) in [6.45, 7) is 2.08. The van der Waals surface area contributed by atoms with Crippen molar-refractivity contribution in [2.45, 2.75) is 54.7 Å². The molecule has 2 aliphatic carbocycles. The van der Waals surface area contributed by atoms with E-state index in [1.807, 2.05) is 12.3 Å². The smallest absolute Gasteiger partial charge is 0.197 e. The molecule has 104 valence electrons. The average molecular weight is 351 g/mol. The molecule has 20 heavy (non-hydrogen) atoms. The van der Waals surface area contributed by atoms with E-state index in [0.717, 1.165) is 14.7 Å². The maximum atomic E-state index is 4.46. The molecule has 0 saturated heterocycles. The second-order valence-electron chi connectivity index (χ2n) is 5.57. The summed E-state index contributed by atoms with van der Waals surface area (Å²) in [5.41, 5.74) is 1.20. The van der Waals surface area contributed by atoms with Gasteiger partial charge in [0.15, 0.2) is 5.16 Å². The van der Waals surface area contributed by atoms with Crippen molar-refractivity contribution in [2.75, 3.05) is 0 Å². The van der Waals surface area contributed by atoms with E-state index in [9.17, 15) is 0 Å². The fourth-order valence-electron chi connectivity index (χ4n) is 2.33. The predicted octanol–water partition coefficient (Wildman–Crippen LogP) is 4.11. The number of nitrogens with zero attached hydrogens (tertiary/aromatic N) is 4. The first-order chi connectivity index (χ1) is 9.74. The van der Waals surface area contributed by atoms with Crippen LogP contribution in [0.1, 0.15) is 49.0 Å². The van der Waals surface area contributed by atoms with Gasteiger partial charge in [0.1, 0.15) is 10.9 Å². The van der Waals surface area contributed by atoms with E-state index >= 15 is 0 Å². The highest BCUT2D eigenvalue weighted by Gasteiger charge is 2.36. The first-order valence-electron chi connectivity index (χ1n) is 6.98. The molecule has 0 spiro atoms. The van der Waals surface area contributed by atoms with Crippen molar-refractivity contribution in [1.29, 1.82) is 0 Å². The van der Waals surface area contributed by atoms with Gasteiger partial charge in [0, 0.05) is 18.2 Å². The van der Waals surface area contributed by atoms with Gasteiger partial charge >= 0.3 is 0 Å². The van der Waals surface area contributed by atoms with Gasteiger partial charge in [-0.2, -0.15) is 0 Å². The van der Waals surface area contributed by atoms with Crippen LogP contribution in [0.25, 0.3) is 0 Å². The Kier molecular flexibility index (Phi) is 3.11. The highest BCUT2D eigenvalue weighted by molar-refractivity contribution is 9.10. The first kappa shape index (κ1) is 12.8. The van der Waals surface area contributed by atoms with E-state index in [4.69, 9.17) is 0 Å². The second-order valence-corrected chi connectivity index (χ2v) is 7.31. The normalized spacial score (nSPS) is 18.5. The van der Waals surface area contributed by atoms with E-state index in [-0.39, 0.29) is 0 Å². The zero-order valence-corrected chi connectivity index (χ0v) is 13.6. The van der Waals surface area contributed by atoms with E-state index in [1.54, 1.807) is 11.8 Å². The topological polar surface area (TPSA) is 43.6 Å². The van der Waals surface area contributed by atoms with Crippen molar-refractivity contribution in [1.82, 2.24) is 19.7 Å². The van der Waals surface area contributed by atoms with Crippen molar-refractivity contribution in [3.63, 3.8) is 0 Å². The summed E-state index contributed by atoms with van der Waals surface area (Å²) in [5.74, 6) is 1.84. The Bertz CT molecular complexity index is 661. The predicted molar refractivity (Wildman–Crippen MR) is 81.1 cm³/mol. The fraction of sp³-hybridized carbons (Fsp3) is 0.500. The van der Waals surface area contributed by atoms with Crippen LogP contribution in [0.5, 0.6) is 0 Å². The van der Waals surface area contributed by atoms with Gasteiger partial charge in [0.2, 0.25) is 0 Å². The summed E-state index contributed by atoms with van der Waals surface area (Å²) < 4.78 is 3.42. The molecule has 2 fully saturated rings. The fourth-order valence-corrected chi connectivity index (χ4v) is 3.76. The number of halogens is 1. The monoisotopic (exact) mass is 350 g/mol. The summed E-state index contributed by atoms with van der Waals surface area (Å²) in [5, 5.41) is 10.8. The standard InChI is InChI=1S/C14H15BrN4S/c1-8-6-7-16-13(11(8)15)20-14-18-17-12(9-2-3-9)19(14)10-4-5-10/h6-7,9-10H,2-5H2,1H3. The molecule has 6 heteroatoms. The van der Waals surface area contributed by atoms with Crippen molar-refractivity contribution >= 4 is 27.7 Å². The molecule has 2 aromatic heterocycles. The Morgan fingerprint density at radius 1 is 1.25 bits per heavy atom. The van der Waals surface area contributed by atoms with E-state index in [0.29, 0.717) is 12.0 Å². The highest BCUT2D eigenvalue weighted by atomic mass is 79.9. The van der Waals surface area contributed by atoms with Crippen LogP contribution in [-0.2, 0) is 0 Å². The Balaban J connectivity index is 1.70. The molecule has 0 aromatic carbocycles. The SMILES string of the molecule is Cc1ccnc(Sc2nnc(C3CC3)n2C2CC2)c1Br. The number of aryl methyl sites for hydroxylation is 1. The first-order valence-corrected chi connectivity index (χ1v) is 8.58. The lowest BCUT2D eigenvalue weighted by Gasteiger charge is -2.09. The minimum atomic E-state index is 0.617. The molecule has 4 nitrogen and oxygen atoms in total. The summed E-state index contributed by atoms with van der Waals surface area (Å²) in [6, 6.07) is 2.63. The van der Waals surface area contributed by atoms with Gasteiger partial charge in [-0.15, -0.1) is 10.2 Å². The van der Waals surface area contributed by atoms with Crippen molar-refractivity contribution < 1.29 is 0 Å². The van der Waals surface area contributed by atoms with Gasteiger partial charge in [-0.3, -0.25) is 0 Å². The van der Waals surface area contributed by atoms with Crippen LogP contribution in [0.4, 0.5) is 0 Å². The molecule has 2 saturated carbocycles. The molecule has 2 heterocycles. The van der Waals surface area contributed by atoms with Crippen LogP contribution in [0.2, 0.25) is 0 Å². The maximum absolute atomic E-state index is 4.46. The zero-order valence-electron chi connectivity index (χ0n) is 11.2. The van der Waals surface area contributed by atoms with Gasteiger partial charge in [-0.1, -0.05) is 0 Å². The van der Waals surface area contributed by atoms with Crippen LogP contribution in [0.3, 0.4) is 0 Å². The van der Waals surface area contributed by atoms with Gasteiger partial charge < -0.3 is 4.57 Å². The number of aromatic nitrogens is 4. The van der Waals surface area contributed by atoms with Crippen LogP contribution < -0.4 is 0 Å². The van der Waals surface area contributed by atoms with Gasteiger partial charge in [0.25, 0.3) is 0 Å². The van der Waals surface area contributed by atoms with Crippen molar-refractivity contribution in [3.8, 4) is 0 Å². The lowest BCUT2D eigenvalue weighted by molar-refractivity contribution is 0.626. The second kappa shape index (κ2) is 4.84. The molecule has 0 bridgehead atoms. The summed E-state index contributed by atoms with van der Waals surface area (Å²) >= 11 is 5.24. The van der Waals surface area contributed by atoms with E-state index < -0.39 is 0 Å². The Labute approximate surface area is 130 Å². The van der Waals surface area contributed by atoms with Gasteiger partial charge in [-0.05, 0) is 71.9 Å². The lowest BCUT2D eigenvalue weighted by atomic mass is 10.3. The van der Waals surface area contributed by atoms with Crippen LogP contribution >= 0.6 is 27.7 Å². The molecule has 0 amide bonds. The molecule has 4 rings (SSSR count). The van der Waals surface area contributed by atoms with Crippen LogP contribution in [0.15, 0.2) is 26.9 Å². The largest absolute Gasteiger partial charge is 0.302 e. The molecule has 0 N–H and O–H groups in total. The molecule has 0 radical (unpaired) electrons. The van der Waals surface area contributed by atoms with Gasteiger partial charge in [-0.25, -0.2) is 4.98 Å². The van der Waals surface area contributed by atoms with Crippen molar-refractivity contribution in [3.05, 3.63) is 28.1 Å². The number of rotatable bonds is 4. The Morgan fingerprint density at radius 2 is 2.05 bits per heavy atom. The average Bonchev–Trinajstić information content (AvgIpc) is 3.34. The third kappa shape index (κ3) is 2.29. The molecular formula is C14H15BrN4S. The molecule has 0 atom stereocenters. The number of hydrogen-bond acceptors (Lipinski definition) is 4. The Morgan fingerprint density at radius 3 is 2.75 bits per heavy atom. The lowest BCUT2D eigenvalue weighted by Crippen LogP contribution is -2.02. The summed E-state index contributed by atoms with van der Waals surface area (Å²) in [7, 11) is 0. The quantitative estimate of drug-likeness (QED) is 0.832. The maximum Gasteiger partial charge on any atom is 0.197 e. The minimum Gasteiger partial charge on any atom is -0.302 e. The zero-order chi connectivity index (χ0) is 13.7. The van der Waals surface area contributed by atoms with E-state index in [2.05, 4.69) is 42.6 Å². The number of pyridine rings is 1. The Hall–Kier alpha value is -0.880. The third-order valence-corrected chi connectivity index (χ3v) is 6.01. The molecule has 0 unspecified atom stereocenters.